The average molecular weight is 261 g/mol. The fraction of sp³-hybridized carbons (Fsp3) is 0.688. The molecule has 0 aromatic carbocycles. The smallest absolute Gasteiger partial charge is 0.0547 e. The lowest BCUT2D eigenvalue weighted by Crippen LogP contribution is -2.34. The van der Waals surface area contributed by atoms with E-state index in [2.05, 4.69) is 42.4 Å². The van der Waals surface area contributed by atoms with E-state index in [1.165, 1.54) is 31.4 Å². The minimum Gasteiger partial charge on any atom is -0.314 e. The van der Waals surface area contributed by atoms with Gasteiger partial charge in [0.25, 0.3) is 0 Å². The summed E-state index contributed by atoms with van der Waals surface area (Å²) >= 11 is 0. The highest BCUT2D eigenvalue weighted by molar-refractivity contribution is 5.11. The summed E-state index contributed by atoms with van der Waals surface area (Å²) in [4.78, 5) is 7.19. The Morgan fingerprint density at radius 1 is 1.21 bits per heavy atom. The molecule has 1 aliphatic carbocycles. The number of hydrogen-bond donors (Lipinski definition) is 1. The molecule has 1 saturated carbocycles. The lowest BCUT2D eigenvalue weighted by atomic mass is 9.87. The normalized spacial score (nSPS) is 23.8. The van der Waals surface area contributed by atoms with Crippen LogP contribution < -0.4 is 5.32 Å². The molecule has 1 heterocycles. The highest BCUT2D eigenvalue weighted by Gasteiger charge is 2.21. The van der Waals surface area contributed by atoms with Crippen LogP contribution in [0.4, 0.5) is 0 Å². The SMILES string of the molecule is CNCc1cccc(CN(C)C2CCC(C)CC2)n1. The van der Waals surface area contributed by atoms with E-state index in [1.54, 1.807) is 0 Å². The van der Waals surface area contributed by atoms with Gasteiger partial charge in [0.15, 0.2) is 0 Å². The zero-order chi connectivity index (χ0) is 13.7. The van der Waals surface area contributed by atoms with Crippen molar-refractivity contribution in [3.8, 4) is 0 Å². The van der Waals surface area contributed by atoms with Gasteiger partial charge in [-0.05, 0) is 57.8 Å². The molecular weight excluding hydrogens is 234 g/mol. The monoisotopic (exact) mass is 261 g/mol. The maximum Gasteiger partial charge on any atom is 0.0547 e. The summed E-state index contributed by atoms with van der Waals surface area (Å²) in [6, 6.07) is 7.08. The molecule has 106 valence electrons. The minimum atomic E-state index is 0.742. The van der Waals surface area contributed by atoms with Crippen LogP contribution in [0.3, 0.4) is 0 Å². The zero-order valence-corrected chi connectivity index (χ0v) is 12.5. The molecule has 3 nitrogen and oxygen atoms in total. The fourth-order valence-electron chi connectivity index (χ4n) is 2.96. The van der Waals surface area contributed by atoms with Crippen molar-refractivity contribution in [3.05, 3.63) is 29.6 Å². The number of nitrogens with zero attached hydrogens (tertiary/aromatic N) is 2. The van der Waals surface area contributed by atoms with Crippen molar-refractivity contribution in [2.75, 3.05) is 14.1 Å². The maximum absolute atomic E-state index is 4.71. The molecule has 2 rings (SSSR count). The number of aromatic nitrogens is 1. The van der Waals surface area contributed by atoms with Gasteiger partial charge < -0.3 is 5.32 Å². The van der Waals surface area contributed by atoms with Crippen LogP contribution in [0.25, 0.3) is 0 Å². The molecule has 1 aromatic heterocycles. The Labute approximate surface area is 117 Å². The van der Waals surface area contributed by atoms with Gasteiger partial charge in [-0.3, -0.25) is 9.88 Å². The van der Waals surface area contributed by atoms with Crippen molar-refractivity contribution in [1.29, 1.82) is 0 Å². The third kappa shape index (κ3) is 4.29. The predicted molar refractivity (Wildman–Crippen MR) is 79.9 cm³/mol. The largest absolute Gasteiger partial charge is 0.314 e. The first-order chi connectivity index (χ1) is 9.19. The average Bonchev–Trinajstić information content (AvgIpc) is 2.40. The predicted octanol–water partition coefficient (Wildman–Crippen LogP) is 2.81. The van der Waals surface area contributed by atoms with Crippen LogP contribution in [0.2, 0.25) is 0 Å². The Hall–Kier alpha value is -0.930. The number of nitrogens with one attached hydrogen (secondary N) is 1. The molecule has 0 unspecified atom stereocenters. The van der Waals surface area contributed by atoms with Crippen LogP contribution in [0.5, 0.6) is 0 Å². The molecular formula is C16H27N3. The van der Waals surface area contributed by atoms with Crippen LogP contribution >= 0.6 is 0 Å². The van der Waals surface area contributed by atoms with Gasteiger partial charge in [0.2, 0.25) is 0 Å². The molecule has 0 amide bonds. The first-order valence-corrected chi connectivity index (χ1v) is 7.48. The highest BCUT2D eigenvalue weighted by atomic mass is 15.1. The molecule has 1 aliphatic rings. The molecule has 1 aromatic rings. The van der Waals surface area contributed by atoms with Gasteiger partial charge in [0.1, 0.15) is 0 Å². The van der Waals surface area contributed by atoms with Gasteiger partial charge in [0.05, 0.1) is 11.4 Å². The van der Waals surface area contributed by atoms with E-state index in [4.69, 9.17) is 4.98 Å². The van der Waals surface area contributed by atoms with Crippen LogP contribution in [0, 0.1) is 5.92 Å². The van der Waals surface area contributed by atoms with E-state index in [1.807, 2.05) is 7.05 Å². The van der Waals surface area contributed by atoms with Gasteiger partial charge >= 0.3 is 0 Å². The number of hydrogen-bond acceptors (Lipinski definition) is 3. The lowest BCUT2D eigenvalue weighted by molar-refractivity contribution is 0.162. The Balaban J connectivity index is 1.90. The summed E-state index contributed by atoms with van der Waals surface area (Å²) in [5.74, 6) is 0.918. The third-order valence-electron chi connectivity index (χ3n) is 4.24. The van der Waals surface area contributed by atoms with E-state index < -0.39 is 0 Å². The van der Waals surface area contributed by atoms with E-state index in [0.29, 0.717) is 0 Å². The Morgan fingerprint density at radius 3 is 2.58 bits per heavy atom. The zero-order valence-electron chi connectivity index (χ0n) is 12.5. The number of pyridine rings is 1. The molecule has 0 bridgehead atoms. The van der Waals surface area contributed by atoms with Crippen molar-refractivity contribution in [1.82, 2.24) is 15.2 Å². The second-order valence-electron chi connectivity index (χ2n) is 5.98. The van der Waals surface area contributed by atoms with Crippen molar-refractivity contribution in [3.63, 3.8) is 0 Å². The Bertz CT molecular complexity index is 383. The molecule has 0 atom stereocenters. The molecule has 1 N–H and O–H groups in total. The second kappa shape index (κ2) is 7.01. The van der Waals surface area contributed by atoms with Crippen molar-refractivity contribution < 1.29 is 0 Å². The molecule has 19 heavy (non-hydrogen) atoms. The van der Waals surface area contributed by atoms with E-state index in [9.17, 15) is 0 Å². The van der Waals surface area contributed by atoms with Crippen LogP contribution in [-0.2, 0) is 13.1 Å². The van der Waals surface area contributed by atoms with Crippen LogP contribution in [-0.4, -0.2) is 30.0 Å². The molecule has 0 radical (unpaired) electrons. The molecule has 0 spiro atoms. The van der Waals surface area contributed by atoms with Crippen molar-refractivity contribution in [2.24, 2.45) is 5.92 Å². The topological polar surface area (TPSA) is 28.2 Å². The Morgan fingerprint density at radius 2 is 1.89 bits per heavy atom. The first-order valence-electron chi connectivity index (χ1n) is 7.48. The molecule has 1 fully saturated rings. The fourth-order valence-corrected chi connectivity index (χ4v) is 2.96. The molecule has 3 heteroatoms. The molecule has 0 saturated heterocycles. The standard InChI is InChI=1S/C16H27N3/c1-13-7-9-16(10-8-13)19(3)12-15-6-4-5-14(18-15)11-17-2/h4-6,13,16-17H,7-12H2,1-3H3. The summed E-state index contributed by atoms with van der Waals surface area (Å²) in [5.41, 5.74) is 2.32. The van der Waals surface area contributed by atoms with Crippen molar-refractivity contribution in [2.45, 2.75) is 51.7 Å². The number of rotatable bonds is 5. The first kappa shape index (κ1) is 14.5. The van der Waals surface area contributed by atoms with E-state index in [-0.39, 0.29) is 0 Å². The summed E-state index contributed by atoms with van der Waals surface area (Å²) in [6.07, 6.45) is 5.44. The summed E-state index contributed by atoms with van der Waals surface area (Å²) < 4.78 is 0. The summed E-state index contributed by atoms with van der Waals surface area (Å²) in [7, 11) is 4.21. The van der Waals surface area contributed by atoms with Gasteiger partial charge in [-0.1, -0.05) is 13.0 Å². The van der Waals surface area contributed by atoms with Gasteiger partial charge in [-0.2, -0.15) is 0 Å². The van der Waals surface area contributed by atoms with Gasteiger partial charge in [-0.15, -0.1) is 0 Å². The van der Waals surface area contributed by atoms with Crippen LogP contribution in [0.15, 0.2) is 18.2 Å². The summed E-state index contributed by atoms with van der Waals surface area (Å²) in [5, 5.41) is 3.16. The quantitative estimate of drug-likeness (QED) is 0.883. The maximum atomic E-state index is 4.71. The van der Waals surface area contributed by atoms with Crippen molar-refractivity contribution >= 4 is 0 Å². The highest BCUT2D eigenvalue weighted by Crippen LogP contribution is 2.27. The lowest BCUT2D eigenvalue weighted by Gasteiger charge is -2.33. The molecule has 0 aliphatic heterocycles. The summed E-state index contributed by atoms with van der Waals surface area (Å²) in [6.45, 7) is 4.19. The Kier molecular flexibility index (Phi) is 5.34. The van der Waals surface area contributed by atoms with Crippen LogP contribution in [0.1, 0.15) is 44.0 Å². The van der Waals surface area contributed by atoms with E-state index >= 15 is 0 Å². The minimum absolute atomic E-state index is 0.742. The van der Waals surface area contributed by atoms with Gasteiger partial charge in [0, 0.05) is 19.1 Å². The van der Waals surface area contributed by atoms with E-state index in [0.717, 1.165) is 30.7 Å². The third-order valence-corrected chi connectivity index (χ3v) is 4.24. The second-order valence-corrected chi connectivity index (χ2v) is 5.98. The van der Waals surface area contributed by atoms with Gasteiger partial charge in [-0.25, -0.2) is 0 Å².